The van der Waals surface area contributed by atoms with Crippen LogP contribution in [-0.2, 0) is 28.8 Å². The van der Waals surface area contributed by atoms with Crippen molar-refractivity contribution in [1.29, 1.82) is 0 Å². The van der Waals surface area contributed by atoms with Gasteiger partial charge in [0.15, 0.2) is 11.9 Å². The van der Waals surface area contributed by atoms with Crippen molar-refractivity contribution in [2.75, 3.05) is 0 Å². The van der Waals surface area contributed by atoms with Gasteiger partial charge < -0.3 is 18.9 Å². The molecule has 1 aliphatic carbocycles. The molecule has 8 nitrogen and oxygen atoms in total. The first-order chi connectivity index (χ1) is 15.2. The molecule has 1 spiro atoms. The Balaban J connectivity index is 1.43. The molecule has 0 amide bonds. The maximum absolute atomic E-state index is 13.0. The molecule has 2 bridgehead atoms. The van der Waals surface area contributed by atoms with Gasteiger partial charge in [0.05, 0.1) is 0 Å². The fourth-order valence-corrected chi connectivity index (χ4v) is 6.05. The number of hydrogen-bond acceptors (Lipinski definition) is 8. The Bertz CT molecular complexity index is 917. The van der Waals surface area contributed by atoms with E-state index in [0.29, 0.717) is 12.3 Å². The van der Waals surface area contributed by atoms with Gasteiger partial charge >= 0.3 is 11.9 Å². The summed E-state index contributed by atoms with van der Waals surface area (Å²) in [5, 5.41) is 0. The summed E-state index contributed by atoms with van der Waals surface area (Å²) in [5.74, 6) is -1.26. The summed E-state index contributed by atoms with van der Waals surface area (Å²) in [6.45, 7) is 7.41. The molecule has 1 aromatic carbocycles. The van der Waals surface area contributed by atoms with Gasteiger partial charge in [0.25, 0.3) is 0 Å². The first kappa shape index (κ1) is 21.8. The van der Waals surface area contributed by atoms with Crippen molar-refractivity contribution in [3.8, 4) is 5.75 Å². The normalized spacial score (nSPS) is 42.5. The van der Waals surface area contributed by atoms with Crippen LogP contribution in [0.1, 0.15) is 63.7 Å². The molecule has 1 aromatic rings. The van der Waals surface area contributed by atoms with Crippen molar-refractivity contribution < 1.29 is 38.3 Å². The molecule has 5 aliphatic rings. The highest BCUT2D eigenvalue weighted by molar-refractivity contribution is 5.93. The Morgan fingerprint density at radius 3 is 2.62 bits per heavy atom. The first-order valence-corrected chi connectivity index (χ1v) is 11.4. The number of rotatable bonds is 3. The second kappa shape index (κ2) is 7.80. The van der Waals surface area contributed by atoms with Crippen LogP contribution in [0.2, 0.25) is 0 Å². The van der Waals surface area contributed by atoms with Crippen LogP contribution < -0.4 is 4.74 Å². The SMILES string of the molecule is CC(=O)Oc1ccccc1C(=O)O[C@H]1O[C@@H]2O[C@@]3(C)CC[C@H]4[C@H](C)CC[C@H]([C@H]1C)[C@@]24OO3. The van der Waals surface area contributed by atoms with Crippen LogP contribution >= 0.6 is 0 Å². The Hall–Kier alpha value is -2.00. The van der Waals surface area contributed by atoms with E-state index in [0.717, 1.165) is 19.3 Å². The molecular weight excluding hydrogens is 416 g/mol. The average molecular weight is 446 g/mol. The minimum atomic E-state index is -0.894. The standard InChI is InChI=1S/C24H30O8/c1-13-9-10-18-14(2)21(28-20(26)16-7-5-6-8-19(16)27-15(3)25)29-22-24(18)17(13)11-12-23(4,30-22)31-32-24/h5-8,13-14,17-18,21-22H,9-12H2,1-4H3/t13-,14-,17+,18-,21+,22-,23-,24-/m1/s1. The van der Waals surface area contributed by atoms with Crippen molar-refractivity contribution in [1.82, 2.24) is 0 Å². The van der Waals surface area contributed by atoms with E-state index in [2.05, 4.69) is 6.92 Å². The molecule has 0 aromatic heterocycles. The number of fused-ring (bicyclic) bond motifs is 2. The van der Waals surface area contributed by atoms with Crippen LogP contribution in [0.3, 0.4) is 0 Å². The number of benzene rings is 1. The van der Waals surface area contributed by atoms with Crippen LogP contribution in [0.5, 0.6) is 5.75 Å². The second-order valence-corrected chi connectivity index (χ2v) is 9.77. The van der Waals surface area contributed by atoms with Gasteiger partial charge in [-0.15, -0.1) is 0 Å². The minimum Gasteiger partial charge on any atom is -0.432 e. The van der Waals surface area contributed by atoms with E-state index < -0.39 is 35.9 Å². The second-order valence-electron chi connectivity index (χ2n) is 9.77. The molecule has 8 atom stereocenters. The number of esters is 2. The topological polar surface area (TPSA) is 89.5 Å². The van der Waals surface area contributed by atoms with Crippen molar-refractivity contribution >= 4 is 11.9 Å². The maximum Gasteiger partial charge on any atom is 0.344 e. The van der Waals surface area contributed by atoms with Crippen LogP contribution in [0.4, 0.5) is 0 Å². The van der Waals surface area contributed by atoms with E-state index in [-0.39, 0.29) is 29.1 Å². The lowest BCUT2D eigenvalue weighted by Crippen LogP contribution is -2.70. The highest BCUT2D eigenvalue weighted by Crippen LogP contribution is 2.60. The molecule has 0 N–H and O–H groups in total. The molecule has 4 aliphatic heterocycles. The largest absolute Gasteiger partial charge is 0.432 e. The highest BCUT2D eigenvalue weighted by Gasteiger charge is 2.69. The Morgan fingerprint density at radius 1 is 1.06 bits per heavy atom. The minimum absolute atomic E-state index is 0.0478. The Morgan fingerprint density at radius 2 is 1.84 bits per heavy atom. The number of hydrogen-bond donors (Lipinski definition) is 0. The monoisotopic (exact) mass is 446 g/mol. The molecule has 0 radical (unpaired) electrons. The van der Waals surface area contributed by atoms with Gasteiger partial charge in [-0.05, 0) is 50.2 Å². The summed E-state index contributed by atoms with van der Waals surface area (Å²) in [6.07, 6.45) is 2.09. The molecule has 4 heterocycles. The van der Waals surface area contributed by atoms with Gasteiger partial charge in [-0.2, -0.15) is 0 Å². The van der Waals surface area contributed by atoms with Crippen molar-refractivity contribution in [3.05, 3.63) is 29.8 Å². The number of carbonyl (C=O) groups excluding carboxylic acids is 2. The molecule has 0 unspecified atom stereocenters. The van der Waals surface area contributed by atoms with Crippen LogP contribution in [0, 0.1) is 23.7 Å². The van der Waals surface area contributed by atoms with E-state index >= 15 is 0 Å². The van der Waals surface area contributed by atoms with Crippen LogP contribution in [0.25, 0.3) is 0 Å². The van der Waals surface area contributed by atoms with E-state index in [1.165, 1.54) is 6.92 Å². The molecule has 6 rings (SSSR count). The average Bonchev–Trinajstić information content (AvgIpc) is 2.97. The summed E-state index contributed by atoms with van der Waals surface area (Å²) in [7, 11) is 0. The number of ether oxygens (including phenoxy) is 4. The summed E-state index contributed by atoms with van der Waals surface area (Å²) >= 11 is 0. The van der Waals surface area contributed by atoms with E-state index in [1.54, 1.807) is 24.3 Å². The Labute approximate surface area is 187 Å². The van der Waals surface area contributed by atoms with E-state index in [9.17, 15) is 9.59 Å². The zero-order chi connectivity index (χ0) is 22.7. The lowest BCUT2D eigenvalue weighted by molar-refractivity contribution is -0.576. The lowest BCUT2D eigenvalue weighted by atomic mass is 9.58. The fourth-order valence-electron chi connectivity index (χ4n) is 6.05. The summed E-state index contributed by atoms with van der Waals surface area (Å²) in [4.78, 5) is 36.4. The third-order valence-electron chi connectivity index (χ3n) is 7.68. The van der Waals surface area contributed by atoms with Crippen molar-refractivity contribution in [2.24, 2.45) is 23.7 Å². The summed E-state index contributed by atoms with van der Waals surface area (Å²) in [5.41, 5.74) is -0.546. The smallest absolute Gasteiger partial charge is 0.344 e. The van der Waals surface area contributed by atoms with Crippen molar-refractivity contribution in [2.45, 2.75) is 77.3 Å². The summed E-state index contributed by atoms with van der Waals surface area (Å²) in [6, 6.07) is 6.51. The third-order valence-corrected chi connectivity index (χ3v) is 7.68. The summed E-state index contributed by atoms with van der Waals surface area (Å²) < 4.78 is 23.6. The quantitative estimate of drug-likeness (QED) is 0.391. The van der Waals surface area contributed by atoms with Crippen LogP contribution in [0.15, 0.2) is 24.3 Å². The zero-order valence-corrected chi connectivity index (χ0v) is 18.9. The molecule has 174 valence electrons. The van der Waals surface area contributed by atoms with Gasteiger partial charge in [0.1, 0.15) is 11.3 Å². The zero-order valence-electron chi connectivity index (χ0n) is 18.9. The number of para-hydroxylation sites is 1. The third kappa shape index (κ3) is 3.36. The molecule has 32 heavy (non-hydrogen) atoms. The Kier molecular flexibility index (Phi) is 5.32. The van der Waals surface area contributed by atoms with E-state index in [4.69, 9.17) is 28.7 Å². The molecule has 4 saturated heterocycles. The molecule has 8 heteroatoms. The highest BCUT2D eigenvalue weighted by atomic mass is 17.3. The predicted octanol–water partition coefficient (Wildman–Crippen LogP) is 3.98. The molecular formula is C24H30O8. The number of carbonyl (C=O) groups is 2. The van der Waals surface area contributed by atoms with E-state index in [1.807, 2.05) is 13.8 Å². The van der Waals surface area contributed by atoms with Gasteiger partial charge in [0, 0.05) is 25.2 Å². The van der Waals surface area contributed by atoms with Gasteiger partial charge in [-0.3, -0.25) is 4.79 Å². The van der Waals surface area contributed by atoms with Gasteiger partial charge in [-0.25, -0.2) is 14.6 Å². The van der Waals surface area contributed by atoms with Gasteiger partial charge in [0.2, 0.25) is 12.1 Å². The predicted molar refractivity (Wildman–Crippen MR) is 110 cm³/mol. The van der Waals surface area contributed by atoms with Gasteiger partial charge in [-0.1, -0.05) is 26.0 Å². The lowest BCUT2D eigenvalue weighted by Gasteiger charge is -2.59. The van der Waals surface area contributed by atoms with Crippen molar-refractivity contribution in [3.63, 3.8) is 0 Å². The van der Waals surface area contributed by atoms with Crippen LogP contribution in [-0.4, -0.2) is 35.9 Å². The fraction of sp³-hybridized carbons (Fsp3) is 0.667. The first-order valence-electron chi connectivity index (χ1n) is 11.4. The maximum atomic E-state index is 13.0. The molecule has 5 fully saturated rings. The molecule has 1 saturated carbocycles.